The van der Waals surface area contributed by atoms with E-state index in [9.17, 15) is 4.79 Å². The van der Waals surface area contributed by atoms with Crippen LogP contribution in [-0.2, 0) is 6.54 Å². The molecule has 4 nitrogen and oxygen atoms in total. The quantitative estimate of drug-likeness (QED) is 0.657. The minimum absolute atomic E-state index is 0.0383. The number of amides is 1. The molecule has 0 aliphatic heterocycles. The third-order valence-corrected chi connectivity index (χ3v) is 4.26. The summed E-state index contributed by atoms with van der Waals surface area (Å²) in [5.74, 6) is -0.0383. The molecule has 132 valence electrons. The van der Waals surface area contributed by atoms with E-state index in [2.05, 4.69) is 10.3 Å². The second kappa shape index (κ2) is 8.50. The summed E-state index contributed by atoms with van der Waals surface area (Å²) in [6, 6.07) is 19.2. The Morgan fingerprint density at radius 3 is 2.46 bits per heavy atom. The molecule has 0 aliphatic rings. The summed E-state index contributed by atoms with van der Waals surface area (Å²) in [4.78, 5) is 18.9. The van der Waals surface area contributed by atoms with Gasteiger partial charge in [-0.3, -0.25) is 9.78 Å². The first-order valence-corrected chi connectivity index (χ1v) is 8.84. The number of nitrogens with one attached hydrogen (secondary N) is 1. The van der Waals surface area contributed by atoms with Crippen LogP contribution in [-0.4, -0.2) is 22.3 Å². The van der Waals surface area contributed by atoms with Crippen molar-refractivity contribution < 1.29 is 4.79 Å². The van der Waals surface area contributed by atoms with Crippen molar-refractivity contribution in [2.45, 2.75) is 13.5 Å². The monoisotopic (exact) mass is 365 g/mol. The highest BCUT2D eigenvalue weighted by Crippen LogP contribution is 2.20. The number of rotatable bonds is 6. The van der Waals surface area contributed by atoms with Gasteiger partial charge in [-0.05, 0) is 42.8 Å². The van der Waals surface area contributed by atoms with Crippen molar-refractivity contribution in [2.24, 2.45) is 0 Å². The lowest BCUT2D eigenvalue weighted by Gasteiger charge is -2.21. The number of pyridine rings is 1. The van der Waals surface area contributed by atoms with Crippen molar-refractivity contribution in [3.05, 3.63) is 89.2 Å². The Hall–Kier alpha value is -2.85. The molecule has 0 spiro atoms. The maximum Gasteiger partial charge on any atom is 0.255 e. The van der Waals surface area contributed by atoms with Crippen LogP contribution < -0.4 is 5.32 Å². The molecular weight excluding hydrogens is 346 g/mol. The van der Waals surface area contributed by atoms with Gasteiger partial charge in [0.05, 0.1) is 17.4 Å². The van der Waals surface area contributed by atoms with Crippen LogP contribution in [0, 0.1) is 0 Å². The van der Waals surface area contributed by atoms with E-state index >= 15 is 0 Å². The van der Waals surface area contributed by atoms with Gasteiger partial charge < -0.3 is 10.2 Å². The summed E-state index contributed by atoms with van der Waals surface area (Å²) in [5.41, 5.74) is 3.30. The zero-order valence-corrected chi connectivity index (χ0v) is 15.3. The molecule has 3 aromatic rings. The molecule has 1 N–H and O–H groups in total. The Balaban J connectivity index is 1.75. The lowest BCUT2D eigenvalue weighted by atomic mass is 10.2. The highest BCUT2D eigenvalue weighted by molar-refractivity contribution is 6.30. The number of aromatic nitrogens is 1. The molecule has 0 saturated heterocycles. The molecule has 0 unspecified atom stereocenters. The molecule has 0 fully saturated rings. The van der Waals surface area contributed by atoms with Gasteiger partial charge in [0.1, 0.15) is 0 Å². The Labute approximate surface area is 158 Å². The van der Waals surface area contributed by atoms with E-state index in [0.717, 1.165) is 16.9 Å². The van der Waals surface area contributed by atoms with Crippen LogP contribution in [0.3, 0.4) is 0 Å². The molecule has 5 heteroatoms. The van der Waals surface area contributed by atoms with Crippen LogP contribution in [0.2, 0.25) is 5.02 Å². The van der Waals surface area contributed by atoms with Crippen LogP contribution in [0.15, 0.2) is 73.1 Å². The van der Waals surface area contributed by atoms with Crippen molar-refractivity contribution in [2.75, 3.05) is 11.9 Å². The van der Waals surface area contributed by atoms with E-state index in [0.29, 0.717) is 23.7 Å². The molecule has 26 heavy (non-hydrogen) atoms. The number of hydrogen-bond acceptors (Lipinski definition) is 3. The third kappa shape index (κ3) is 4.61. The maximum absolute atomic E-state index is 12.9. The van der Waals surface area contributed by atoms with E-state index in [4.69, 9.17) is 11.6 Å². The number of carbonyl (C=O) groups is 1. The van der Waals surface area contributed by atoms with Crippen LogP contribution in [0.5, 0.6) is 0 Å². The van der Waals surface area contributed by atoms with Crippen molar-refractivity contribution in [1.29, 1.82) is 0 Å². The molecule has 2 aromatic carbocycles. The Morgan fingerprint density at radius 1 is 1.04 bits per heavy atom. The van der Waals surface area contributed by atoms with Gasteiger partial charge in [-0.15, -0.1) is 0 Å². The molecule has 0 bridgehead atoms. The Morgan fingerprint density at radius 2 is 1.77 bits per heavy atom. The van der Waals surface area contributed by atoms with E-state index in [1.165, 1.54) is 0 Å². The Kier molecular flexibility index (Phi) is 5.87. The fourth-order valence-electron chi connectivity index (χ4n) is 2.64. The maximum atomic E-state index is 12.9. The first kappa shape index (κ1) is 18.0. The minimum atomic E-state index is -0.0383. The highest BCUT2D eigenvalue weighted by Gasteiger charge is 2.15. The van der Waals surface area contributed by atoms with Gasteiger partial charge in [-0.25, -0.2) is 0 Å². The number of carbonyl (C=O) groups excluding carboxylic acids is 1. The first-order valence-electron chi connectivity index (χ1n) is 8.46. The lowest BCUT2D eigenvalue weighted by molar-refractivity contribution is 0.0752. The zero-order chi connectivity index (χ0) is 18.4. The van der Waals surface area contributed by atoms with Gasteiger partial charge in [0, 0.05) is 30.0 Å². The highest BCUT2D eigenvalue weighted by atomic mass is 35.5. The summed E-state index contributed by atoms with van der Waals surface area (Å²) < 4.78 is 0. The number of benzene rings is 2. The number of halogens is 1. The fourth-order valence-corrected chi connectivity index (χ4v) is 2.76. The number of anilines is 2. The molecule has 3 rings (SSSR count). The normalized spacial score (nSPS) is 10.4. The number of hydrogen-bond donors (Lipinski definition) is 1. The van der Waals surface area contributed by atoms with Crippen LogP contribution in [0.25, 0.3) is 0 Å². The van der Waals surface area contributed by atoms with Crippen molar-refractivity contribution in [3.8, 4) is 0 Å². The second-order valence-corrected chi connectivity index (χ2v) is 6.34. The molecule has 0 saturated carbocycles. The summed E-state index contributed by atoms with van der Waals surface area (Å²) in [7, 11) is 0. The van der Waals surface area contributed by atoms with Crippen molar-refractivity contribution in [1.82, 2.24) is 9.88 Å². The van der Waals surface area contributed by atoms with Crippen LogP contribution in [0.1, 0.15) is 22.8 Å². The SMILES string of the molecule is CCN(Cc1ccccc1)C(=O)c1cncc(Nc2ccc(Cl)cc2)c1. The van der Waals surface area contributed by atoms with Gasteiger partial charge >= 0.3 is 0 Å². The molecule has 0 aliphatic carbocycles. The van der Waals surface area contributed by atoms with Gasteiger partial charge in [0.2, 0.25) is 0 Å². The average molecular weight is 366 g/mol. The summed E-state index contributed by atoms with van der Waals surface area (Å²) in [6.07, 6.45) is 3.29. The number of nitrogens with zero attached hydrogens (tertiary/aromatic N) is 2. The van der Waals surface area contributed by atoms with E-state index in [1.807, 2.05) is 67.6 Å². The van der Waals surface area contributed by atoms with Gasteiger partial charge in [0.15, 0.2) is 0 Å². The van der Waals surface area contributed by atoms with Gasteiger partial charge in [-0.2, -0.15) is 0 Å². The fraction of sp³-hybridized carbons (Fsp3) is 0.143. The molecule has 0 radical (unpaired) electrons. The predicted octanol–water partition coefficient (Wildman–Crippen LogP) is 5.14. The summed E-state index contributed by atoms with van der Waals surface area (Å²) >= 11 is 5.91. The standard InChI is InChI=1S/C21H20ClN3O/c1-2-25(15-16-6-4-3-5-7-16)21(26)17-12-20(14-23-13-17)24-19-10-8-18(22)9-11-19/h3-14,24H,2,15H2,1H3. The van der Waals surface area contributed by atoms with Gasteiger partial charge in [0.25, 0.3) is 5.91 Å². The van der Waals surface area contributed by atoms with Gasteiger partial charge in [-0.1, -0.05) is 41.9 Å². The molecule has 0 atom stereocenters. The van der Waals surface area contributed by atoms with E-state index in [-0.39, 0.29) is 5.91 Å². The van der Waals surface area contributed by atoms with E-state index in [1.54, 1.807) is 17.3 Å². The summed E-state index contributed by atoms with van der Waals surface area (Å²) in [6.45, 7) is 3.18. The molecule has 1 aromatic heterocycles. The Bertz CT molecular complexity index is 866. The second-order valence-electron chi connectivity index (χ2n) is 5.90. The summed E-state index contributed by atoms with van der Waals surface area (Å²) in [5, 5.41) is 3.92. The van der Waals surface area contributed by atoms with Crippen molar-refractivity contribution >= 4 is 28.9 Å². The zero-order valence-electron chi connectivity index (χ0n) is 14.5. The first-order chi connectivity index (χ1) is 12.7. The average Bonchev–Trinajstić information content (AvgIpc) is 2.68. The molecular formula is C21H20ClN3O. The molecule has 1 heterocycles. The lowest BCUT2D eigenvalue weighted by Crippen LogP contribution is -2.30. The third-order valence-electron chi connectivity index (χ3n) is 4.00. The smallest absolute Gasteiger partial charge is 0.255 e. The van der Waals surface area contributed by atoms with Crippen LogP contribution >= 0.6 is 11.6 Å². The molecule has 1 amide bonds. The predicted molar refractivity (Wildman–Crippen MR) is 106 cm³/mol. The minimum Gasteiger partial charge on any atom is -0.354 e. The topological polar surface area (TPSA) is 45.2 Å². The van der Waals surface area contributed by atoms with Crippen LogP contribution in [0.4, 0.5) is 11.4 Å². The van der Waals surface area contributed by atoms with Crippen molar-refractivity contribution in [3.63, 3.8) is 0 Å². The largest absolute Gasteiger partial charge is 0.354 e. The van der Waals surface area contributed by atoms with E-state index < -0.39 is 0 Å².